The second kappa shape index (κ2) is 12.7. The van der Waals surface area contributed by atoms with Crippen LogP contribution in [-0.4, -0.2) is 57.3 Å². The van der Waals surface area contributed by atoms with Crippen LogP contribution in [0, 0.1) is 6.92 Å². The molecule has 1 aromatic heterocycles. The molecule has 1 N–H and O–H groups in total. The number of hydrogen-bond acceptors (Lipinski definition) is 6. The molecule has 0 bridgehead atoms. The lowest BCUT2D eigenvalue weighted by Crippen LogP contribution is -2.38. The van der Waals surface area contributed by atoms with E-state index in [0.29, 0.717) is 25.3 Å². The molecule has 0 atom stereocenters. The number of ether oxygens (including phenoxy) is 3. The summed E-state index contributed by atoms with van der Waals surface area (Å²) in [6.45, 7) is 6.19. The van der Waals surface area contributed by atoms with E-state index >= 15 is 0 Å². The van der Waals surface area contributed by atoms with Crippen LogP contribution in [-0.2, 0) is 13.0 Å². The summed E-state index contributed by atoms with van der Waals surface area (Å²) < 4.78 is 16.4. The van der Waals surface area contributed by atoms with Gasteiger partial charge in [-0.05, 0) is 20.3 Å². The fraction of sp³-hybridized carbons (Fsp3) is 0.500. The van der Waals surface area contributed by atoms with Gasteiger partial charge in [-0.25, -0.2) is 4.98 Å². The Morgan fingerprint density at radius 3 is 2.31 bits per heavy atom. The van der Waals surface area contributed by atoms with Gasteiger partial charge in [0.15, 0.2) is 5.96 Å². The SMILES string of the molecule is CCNC(=NCCc1c(OC)cc(OC)cc1OC)N(C)Cc1csc(C)n1.I. The number of aryl methyl sites for hydroxylation is 1. The Morgan fingerprint density at radius 2 is 1.83 bits per heavy atom. The summed E-state index contributed by atoms with van der Waals surface area (Å²) in [6.07, 6.45) is 0.689. The van der Waals surface area contributed by atoms with Crippen molar-refractivity contribution in [3.8, 4) is 17.2 Å². The van der Waals surface area contributed by atoms with Crippen molar-refractivity contribution in [3.63, 3.8) is 0 Å². The van der Waals surface area contributed by atoms with Crippen LogP contribution in [0.3, 0.4) is 0 Å². The molecule has 29 heavy (non-hydrogen) atoms. The zero-order chi connectivity index (χ0) is 20.5. The van der Waals surface area contributed by atoms with Gasteiger partial charge < -0.3 is 24.4 Å². The first-order valence-corrected chi connectivity index (χ1v) is 10.1. The molecule has 0 unspecified atom stereocenters. The van der Waals surface area contributed by atoms with Gasteiger partial charge in [-0.15, -0.1) is 35.3 Å². The van der Waals surface area contributed by atoms with Crippen LogP contribution in [0.2, 0.25) is 0 Å². The number of rotatable bonds is 9. The summed E-state index contributed by atoms with van der Waals surface area (Å²) in [5.74, 6) is 3.03. The van der Waals surface area contributed by atoms with Crippen molar-refractivity contribution < 1.29 is 14.2 Å². The Balaban J connectivity index is 0.00000420. The van der Waals surface area contributed by atoms with Crippen LogP contribution < -0.4 is 19.5 Å². The number of aromatic nitrogens is 1. The van der Waals surface area contributed by atoms with E-state index in [1.807, 2.05) is 26.1 Å². The lowest BCUT2D eigenvalue weighted by molar-refractivity contribution is 0.369. The third-order valence-corrected chi connectivity index (χ3v) is 5.02. The van der Waals surface area contributed by atoms with Gasteiger partial charge in [0, 0.05) is 43.2 Å². The van der Waals surface area contributed by atoms with E-state index in [1.165, 1.54) is 0 Å². The van der Waals surface area contributed by atoms with Crippen molar-refractivity contribution in [3.05, 3.63) is 33.8 Å². The number of thiazole rings is 1. The van der Waals surface area contributed by atoms with Crippen molar-refractivity contribution in [2.45, 2.75) is 26.8 Å². The van der Waals surface area contributed by atoms with Crippen LogP contribution in [0.5, 0.6) is 17.2 Å². The third kappa shape index (κ3) is 7.22. The molecule has 162 valence electrons. The number of guanidine groups is 1. The number of aliphatic imine (C=N–C) groups is 1. The van der Waals surface area contributed by atoms with Gasteiger partial charge in [0.1, 0.15) is 17.2 Å². The molecule has 0 saturated heterocycles. The molecule has 0 fully saturated rings. The van der Waals surface area contributed by atoms with Gasteiger partial charge in [-0.2, -0.15) is 0 Å². The van der Waals surface area contributed by atoms with Gasteiger partial charge in [0.25, 0.3) is 0 Å². The fourth-order valence-electron chi connectivity index (χ4n) is 2.87. The number of methoxy groups -OCH3 is 3. The lowest BCUT2D eigenvalue weighted by atomic mass is 10.1. The van der Waals surface area contributed by atoms with Gasteiger partial charge in [0.05, 0.1) is 38.6 Å². The van der Waals surface area contributed by atoms with Gasteiger partial charge in [-0.1, -0.05) is 0 Å². The highest BCUT2D eigenvalue weighted by atomic mass is 127. The molecule has 1 aromatic carbocycles. The summed E-state index contributed by atoms with van der Waals surface area (Å²) in [6, 6.07) is 3.73. The molecule has 2 rings (SSSR count). The van der Waals surface area contributed by atoms with Gasteiger partial charge in [0.2, 0.25) is 0 Å². The maximum Gasteiger partial charge on any atom is 0.194 e. The molecule has 0 saturated carbocycles. The number of hydrogen-bond donors (Lipinski definition) is 1. The van der Waals surface area contributed by atoms with Crippen LogP contribution in [0.4, 0.5) is 0 Å². The molecule has 0 aliphatic rings. The molecule has 9 heteroatoms. The second-order valence-electron chi connectivity index (χ2n) is 6.21. The van der Waals surface area contributed by atoms with Crippen molar-refractivity contribution in [2.75, 3.05) is 41.5 Å². The summed E-state index contributed by atoms with van der Waals surface area (Å²) in [7, 11) is 6.94. The zero-order valence-electron chi connectivity index (χ0n) is 17.9. The standard InChI is InChI=1S/C20H30N4O3S.HI/c1-7-21-20(24(3)12-15-13-28-14(2)23-15)22-9-8-17-18(26-5)10-16(25-4)11-19(17)27-6;/h10-11,13H,7-9,12H2,1-6H3,(H,21,22);1H. The van der Waals surface area contributed by atoms with E-state index < -0.39 is 0 Å². The number of nitrogens with one attached hydrogen (secondary N) is 1. The maximum absolute atomic E-state index is 5.52. The average molecular weight is 534 g/mol. The van der Waals surface area contributed by atoms with Crippen molar-refractivity contribution in [1.29, 1.82) is 0 Å². The monoisotopic (exact) mass is 534 g/mol. The number of benzene rings is 1. The molecule has 0 aliphatic carbocycles. The van der Waals surface area contributed by atoms with E-state index in [0.717, 1.165) is 40.3 Å². The molecule has 2 aromatic rings. The maximum atomic E-state index is 5.52. The molecule has 0 amide bonds. The second-order valence-corrected chi connectivity index (χ2v) is 7.27. The highest BCUT2D eigenvalue weighted by molar-refractivity contribution is 14.0. The first-order valence-electron chi connectivity index (χ1n) is 9.21. The summed E-state index contributed by atoms with van der Waals surface area (Å²) in [4.78, 5) is 11.4. The molecule has 1 heterocycles. The summed E-state index contributed by atoms with van der Waals surface area (Å²) in [5, 5.41) is 6.50. The molecule has 7 nitrogen and oxygen atoms in total. The Bertz CT molecular complexity index is 773. The minimum Gasteiger partial charge on any atom is -0.496 e. The fourth-order valence-corrected chi connectivity index (χ4v) is 3.47. The van der Waals surface area contributed by atoms with E-state index in [4.69, 9.17) is 19.2 Å². The van der Waals surface area contributed by atoms with Crippen molar-refractivity contribution in [2.24, 2.45) is 4.99 Å². The normalized spacial score (nSPS) is 10.9. The topological polar surface area (TPSA) is 68.2 Å². The van der Waals surface area contributed by atoms with Crippen molar-refractivity contribution in [1.82, 2.24) is 15.2 Å². The number of halogens is 1. The summed E-state index contributed by atoms with van der Waals surface area (Å²) in [5.41, 5.74) is 2.03. The average Bonchev–Trinajstić information content (AvgIpc) is 3.11. The van der Waals surface area contributed by atoms with Crippen molar-refractivity contribution >= 4 is 41.3 Å². The van der Waals surface area contributed by atoms with Crippen LogP contribution in [0.25, 0.3) is 0 Å². The Labute approximate surface area is 194 Å². The minimum atomic E-state index is 0. The quantitative estimate of drug-likeness (QED) is 0.301. The van der Waals surface area contributed by atoms with E-state index in [9.17, 15) is 0 Å². The molecule has 0 aliphatic heterocycles. The highest BCUT2D eigenvalue weighted by Crippen LogP contribution is 2.34. The predicted molar refractivity (Wildman–Crippen MR) is 130 cm³/mol. The minimum absolute atomic E-state index is 0. The Morgan fingerprint density at radius 1 is 1.17 bits per heavy atom. The largest absolute Gasteiger partial charge is 0.496 e. The van der Waals surface area contributed by atoms with E-state index in [1.54, 1.807) is 32.7 Å². The highest BCUT2D eigenvalue weighted by Gasteiger charge is 2.14. The Kier molecular flexibility index (Phi) is 11.1. The van der Waals surface area contributed by atoms with Crippen LogP contribution in [0.15, 0.2) is 22.5 Å². The molecule has 0 radical (unpaired) electrons. The predicted octanol–water partition coefficient (Wildman–Crippen LogP) is 3.74. The third-order valence-electron chi connectivity index (χ3n) is 4.20. The van der Waals surface area contributed by atoms with Gasteiger partial charge >= 0.3 is 0 Å². The Hall–Kier alpha value is -1.75. The van der Waals surface area contributed by atoms with E-state index in [2.05, 4.69) is 27.5 Å². The summed E-state index contributed by atoms with van der Waals surface area (Å²) >= 11 is 1.66. The van der Waals surface area contributed by atoms with Gasteiger partial charge in [-0.3, -0.25) is 4.99 Å². The molecular weight excluding hydrogens is 503 g/mol. The number of nitrogens with zero attached hydrogens (tertiary/aromatic N) is 3. The first kappa shape index (κ1) is 25.3. The first-order chi connectivity index (χ1) is 13.5. The van der Waals surface area contributed by atoms with Crippen LogP contribution >= 0.6 is 35.3 Å². The van der Waals surface area contributed by atoms with E-state index in [-0.39, 0.29) is 24.0 Å². The van der Waals surface area contributed by atoms with Crippen LogP contribution in [0.1, 0.15) is 23.2 Å². The zero-order valence-corrected chi connectivity index (χ0v) is 21.1. The lowest BCUT2D eigenvalue weighted by Gasteiger charge is -2.21. The molecule has 0 spiro atoms. The smallest absolute Gasteiger partial charge is 0.194 e. The molecular formula is C20H31IN4O3S.